The number of furan rings is 1. The molecule has 0 fully saturated rings. The molecule has 9 nitrogen and oxygen atoms in total. The van der Waals surface area contributed by atoms with Gasteiger partial charge in [0.1, 0.15) is 5.75 Å². The van der Waals surface area contributed by atoms with E-state index in [0.29, 0.717) is 40.4 Å². The van der Waals surface area contributed by atoms with Crippen LogP contribution in [-0.2, 0) is 12.3 Å². The Balaban J connectivity index is 1.17. The molecule has 1 N–H and O–H groups in total. The van der Waals surface area contributed by atoms with Gasteiger partial charge in [-0.2, -0.15) is 0 Å². The van der Waals surface area contributed by atoms with E-state index in [-0.39, 0.29) is 12.7 Å². The number of amides is 1. The molecule has 196 valence electrons. The zero-order chi connectivity index (χ0) is 26.6. The largest absolute Gasteiger partial charge is 0.497 e. The minimum atomic E-state index is -0.152. The summed E-state index contributed by atoms with van der Waals surface area (Å²) in [6.07, 6.45) is 1.61. The van der Waals surface area contributed by atoms with Crippen LogP contribution in [0.2, 0.25) is 0 Å². The van der Waals surface area contributed by atoms with Crippen LogP contribution in [0, 0.1) is 0 Å². The van der Waals surface area contributed by atoms with Gasteiger partial charge in [-0.3, -0.25) is 9.36 Å². The number of rotatable bonds is 9. The minimum Gasteiger partial charge on any atom is -0.497 e. The molecule has 1 amide bonds. The molecule has 0 spiro atoms. The van der Waals surface area contributed by atoms with Crippen molar-refractivity contribution in [1.82, 2.24) is 20.1 Å². The fourth-order valence-electron chi connectivity index (χ4n) is 4.18. The molecular formula is C29H24N4O5S. The highest BCUT2D eigenvalue weighted by Gasteiger charge is 2.19. The highest BCUT2D eigenvalue weighted by molar-refractivity contribution is 7.98. The van der Waals surface area contributed by atoms with Gasteiger partial charge in [0.15, 0.2) is 22.4 Å². The number of ether oxygens (including phenoxy) is 3. The minimum absolute atomic E-state index is 0.152. The topological polar surface area (TPSA) is 101 Å². The lowest BCUT2D eigenvalue weighted by molar-refractivity contribution is 0.0950. The SMILES string of the molecule is COc1ccc(-n2c(SCc3cccc(C(=O)NCc4ccc5c(c4)OCO5)c3)nnc2-c2ccco2)cc1. The predicted molar refractivity (Wildman–Crippen MR) is 145 cm³/mol. The Morgan fingerprint density at radius 3 is 2.67 bits per heavy atom. The first kappa shape index (κ1) is 24.6. The molecule has 0 atom stereocenters. The molecular weight excluding hydrogens is 516 g/mol. The molecule has 0 radical (unpaired) electrons. The van der Waals surface area contributed by atoms with E-state index >= 15 is 0 Å². The van der Waals surface area contributed by atoms with Gasteiger partial charge in [-0.25, -0.2) is 0 Å². The second kappa shape index (κ2) is 11.0. The van der Waals surface area contributed by atoms with Gasteiger partial charge < -0.3 is 23.9 Å². The van der Waals surface area contributed by atoms with Crippen LogP contribution in [0.5, 0.6) is 17.2 Å². The van der Waals surface area contributed by atoms with E-state index in [2.05, 4.69) is 15.5 Å². The number of aromatic nitrogens is 3. The number of methoxy groups -OCH3 is 1. The summed E-state index contributed by atoms with van der Waals surface area (Å²) < 4.78 is 23.6. The molecule has 0 unspecified atom stereocenters. The van der Waals surface area contributed by atoms with Gasteiger partial charge in [-0.1, -0.05) is 30.0 Å². The zero-order valence-electron chi connectivity index (χ0n) is 21.0. The number of thioether (sulfide) groups is 1. The normalized spacial score (nSPS) is 11.9. The predicted octanol–water partition coefficient (Wildman–Crippen LogP) is 5.49. The molecule has 10 heteroatoms. The molecule has 6 rings (SSSR count). The summed E-state index contributed by atoms with van der Waals surface area (Å²) >= 11 is 1.52. The van der Waals surface area contributed by atoms with Crippen molar-refractivity contribution in [2.24, 2.45) is 0 Å². The molecule has 3 heterocycles. The first-order valence-corrected chi connectivity index (χ1v) is 13.2. The first-order chi connectivity index (χ1) is 19.2. The lowest BCUT2D eigenvalue weighted by Crippen LogP contribution is -2.22. The van der Waals surface area contributed by atoms with Crippen molar-refractivity contribution in [3.05, 3.63) is 102 Å². The summed E-state index contributed by atoms with van der Waals surface area (Å²) in [5, 5.41) is 12.5. The number of hydrogen-bond donors (Lipinski definition) is 1. The molecule has 0 aliphatic carbocycles. The number of nitrogens with one attached hydrogen (secondary N) is 1. The first-order valence-electron chi connectivity index (χ1n) is 12.2. The zero-order valence-corrected chi connectivity index (χ0v) is 21.8. The van der Waals surface area contributed by atoms with Crippen LogP contribution < -0.4 is 19.5 Å². The standard InChI is InChI=1S/C29H24N4O5S/c1-35-23-10-8-22(9-11-23)33-27(25-6-3-13-36-25)31-32-29(33)39-17-20-4-2-5-21(14-20)28(34)30-16-19-7-12-24-26(15-19)38-18-37-24/h2-15H,16-18H2,1H3,(H,30,34). The monoisotopic (exact) mass is 540 g/mol. The summed E-state index contributed by atoms with van der Waals surface area (Å²) in [7, 11) is 1.63. The fourth-order valence-corrected chi connectivity index (χ4v) is 5.07. The second-order valence-corrected chi connectivity index (χ2v) is 9.62. The molecule has 1 aliphatic heterocycles. The Hall–Kier alpha value is -4.70. The van der Waals surface area contributed by atoms with Gasteiger partial charge in [-0.05, 0) is 71.8 Å². The van der Waals surface area contributed by atoms with Crippen molar-refractivity contribution >= 4 is 17.7 Å². The van der Waals surface area contributed by atoms with Gasteiger partial charge >= 0.3 is 0 Å². The second-order valence-electron chi connectivity index (χ2n) is 8.68. The van der Waals surface area contributed by atoms with Crippen LogP contribution in [0.3, 0.4) is 0 Å². The van der Waals surface area contributed by atoms with Crippen LogP contribution in [-0.4, -0.2) is 34.6 Å². The van der Waals surface area contributed by atoms with E-state index in [9.17, 15) is 4.79 Å². The van der Waals surface area contributed by atoms with Crippen LogP contribution in [0.1, 0.15) is 21.5 Å². The van der Waals surface area contributed by atoms with Crippen molar-refractivity contribution in [2.45, 2.75) is 17.5 Å². The van der Waals surface area contributed by atoms with Gasteiger partial charge in [0, 0.05) is 17.9 Å². The Labute approximate surface area is 228 Å². The van der Waals surface area contributed by atoms with Crippen molar-refractivity contribution in [3.8, 4) is 34.5 Å². The van der Waals surface area contributed by atoms with Crippen LogP contribution in [0.25, 0.3) is 17.3 Å². The van der Waals surface area contributed by atoms with Crippen molar-refractivity contribution in [3.63, 3.8) is 0 Å². The lowest BCUT2D eigenvalue weighted by atomic mass is 10.1. The van der Waals surface area contributed by atoms with E-state index in [4.69, 9.17) is 18.6 Å². The van der Waals surface area contributed by atoms with Crippen molar-refractivity contribution in [1.29, 1.82) is 0 Å². The lowest BCUT2D eigenvalue weighted by Gasteiger charge is -2.11. The maximum Gasteiger partial charge on any atom is 0.251 e. The van der Waals surface area contributed by atoms with Crippen molar-refractivity contribution in [2.75, 3.05) is 13.9 Å². The van der Waals surface area contributed by atoms with E-state index in [0.717, 1.165) is 28.3 Å². The number of hydrogen-bond acceptors (Lipinski definition) is 8. The third-order valence-electron chi connectivity index (χ3n) is 6.15. The highest BCUT2D eigenvalue weighted by Crippen LogP contribution is 2.33. The number of fused-ring (bicyclic) bond motifs is 1. The summed E-state index contributed by atoms with van der Waals surface area (Å²) in [5.41, 5.74) is 3.39. The number of carbonyl (C=O) groups is 1. The summed E-state index contributed by atoms with van der Waals surface area (Å²) in [4.78, 5) is 12.9. The number of nitrogens with zero attached hydrogens (tertiary/aromatic N) is 3. The quantitative estimate of drug-likeness (QED) is 0.245. The van der Waals surface area contributed by atoms with Gasteiger partial charge in [-0.15, -0.1) is 10.2 Å². The smallest absolute Gasteiger partial charge is 0.251 e. The molecule has 1 aliphatic rings. The number of benzene rings is 3. The average molecular weight is 541 g/mol. The van der Waals surface area contributed by atoms with Gasteiger partial charge in [0.25, 0.3) is 5.91 Å². The third kappa shape index (κ3) is 5.32. The fraction of sp³-hybridized carbons (Fsp3) is 0.138. The van der Waals surface area contributed by atoms with Crippen LogP contribution in [0.4, 0.5) is 0 Å². The molecule has 39 heavy (non-hydrogen) atoms. The molecule has 5 aromatic rings. The average Bonchev–Trinajstić information content (AvgIpc) is 3.75. The molecule has 0 bridgehead atoms. The maximum absolute atomic E-state index is 12.9. The summed E-state index contributed by atoms with van der Waals surface area (Å²) in [5.74, 6) is 3.83. The Morgan fingerprint density at radius 1 is 0.974 bits per heavy atom. The molecule has 0 saturated heterocycles. The van der Waals surface area contributed by atoms with E-state index in [1.165, 1.54) is 11.8 Å². The Bertz CT molecular complexity index is 1600. The van der Waals surface area contributed by atoms with Gasteiger partial charge in [0.05, 0.1) is 19.1 Å². The third-order valence-corrected chi connectivity index (χ3v) is 7.15. The Morgan fingerprint density at radius 2 is 1.85 bits per heavy atom. The molecule has 0 saturated carbocycles. The van der Waals surface area contributed by atoms with E-state index in [1.807, 2.05) is 77.4 Å². The van der Waals surface area contributed by atoms with E-state index < -0.39 is 0 Å². The van der Waals surface area contributed by atoms with Gasteiger partial charge in [0.2, 0.25) is 12.6 Å². The molecule has 2 aromatic heterocycles. The highest BCUT2D eigenvalue weighted by atomic mass is 32.2. The molecule has 3 aromatic carbocycles. The van der Waals surface area contributed by atoms with E-state index in [1.54, 1.807) is 19.4 Å². The Kier molecular flexibility index (Phi) is 6.92. The number of carbonyl (C=O) groups excluding carboxylic acids is 1. The van der Waals surface area contributed by atoms with Crippen molar-refractivity contribution < 1.29 is 23.4 Å². The maximum atomic E-state index is 12.9. The summed E-state index contributed by atoms with van der Waals surface area (Å²) in [6, 6.07) is 24.6. The van der Waals surface area contributed by atoms with Crippen LogP contribution in [0.15, 0.2) is 94.7 Å². The summed E-state index contributed by atoms with van der Waals surface area (Å²) in [6.45, 7) is 0.603. The van der Waals surface area contributed by atoms with Crippen LogP contribution >= 0.6 is 11.8 Å².